The van der Waals surface area contributed by atoms with Gasteiger partial charge >= 0.3 is 12.0 Å². The first-order chi connectivity index (χ1) is 7.76. The molecule has 100 valence electrons. The lowest BCUT2D eigenvalue weighted by molar-refractivity contribution is -0.143. The van der Waals surface area contributed by atoms with Crippen LogP contribution in [0.25, 0.3) is 0 Å². The Morgan fingerprint density at radius 3 is 2.35 bits per heavy atom. The van der Waals surface area contributed by atoms with E-state index < -0.39 is 17.5 Å². The normalized spacial score (nSPS) is 13.0. The molecule has 0 spiro atoms. The fourth-order valence-electron chi connectivity index (χ4n) is 1.38. The van der Waals surface area contributed by atoms with Gasteiger partial charge in [0.15, 0.2) is 0 Å². The molecule has 0 radical (unpaired) electrons. The number of hydrogen-bond acceptors (Lipinski definition) is 3. The number of methoxy groups -OCH3 is 1. The van der Waals surface area contributed by atoms with Gasteiger partial charge in [-0.2, -0.15) is 0 Å². The van der Waals surface area contributed by atoms with Crippen LogP contribution in [0.1, 0.15) is 27.7 Å². The third kappa shape index (κ3) is 4.60. The van der Waals surface area contributed by atoms with Gasteiger partial charge in [-0.15, -0.1) is 0 Å². The molecule has 6 heteroatoms. The second-order valence-electron chi connectivity index (χ2n) is 4.45. The summed E-state index contributed by atoms with van der Waals surface area (Å²) >= 11 is 0. The van der Waals surface area contributed by atoms with E-state index >= 15 is 0 Å². The minimum atomic E-state index is -1.28. The molecule has 0 aromatic carbocycles. The first-order valence-corrected chi connectivity index (χ1v) is 5.57. The van der Waals surface area contributed by atoms with Crippen molar-refractivity contribution in [1.29, 1.82) is 0 Å². The third-order valence-electron chi connectivity index (χ3n) is 2.50. The minimum absolute atomic E-state index is 0.102. The summed E-state index contributed by atoms with van der Waals surface area (Å²) in [5.74, 6) is -1.07. The predicted molar refractivity (Wildman–Crippen MR) is 64.0 cm³/mol. The Morgan fingerprint density at radius 2 is 2.00 bits per heavy atom. The Kier molecular flexibility index (Phi) is 5.95. The molecule has 6 nitrogen and oxygen atoms in total. The molecule has 0 aliphatic rings. The highest BCUT2D eigenvalue weighted by Gasteiger charge is 2.31. The fourth-order valence-corrected chi connectivity index (χ4v) is 1.38. The average Bonchev–Trinajstić information content (AvgIpc) is 2.17. The molecule has 0 aliphatic heterocycles. The minimum Gasteiger partial charge on any atom is -0.480 e. The highest BCUT2D eigenvalue weighted by molar-refractivity contribution is 5.85. The highest BCUT2D eigenvalue weighted by atomic mass is 16.5. The molecule has 2 amide bonds. The van der Waals surface area contributed by atoms with Gasteiger partial charge in [0.05, 0.1) is 12.6 Å². The van der Waals surface area contributed by atoms with E-state index in [0.717, 1.165) is 0 Å². The van der Waals surface area contributed by atoms with E-state index in [9.17, 15) is 9.59 Å². The van der Waals surface area contributed by atoms with E-state index in [1.807, 2.05) is 13.8 Å². The van der Waals surface area contributed by atoms with Crippen molar-refractivity contribution >= 4 is 12.0 Å². The molecule has 2 N–H and O–H groups in total. The summed E-state index contributed by atoms with van der Waals surface area (Å²) in [4.78, 5) is 24.3. The summed E-state index contributed by atoms with van der Waals surface area (Å²) < 4.78 is 4.98. The van der Waals surface area contributed by atoms with E-state index in [1.165, 1.54) is 18.7 Å². The quantitative estimate of drug-likeness (QED) is 0.730. The first kappa shape index (κ1) is 15.7. The molecule has 0 saturated carbocycles. The lowest BCUT2D eigenvalue weighted by Gasteiger charge is -2.31. The Hall–Kier alpha value is -1.30. The number of likely N-dealkylation sites (N-methyl/N-ethyl adjacent to an activating group) is 1. The van der Waals surface area contributed by atoms with Crippen LogP contribution in [0, 0.1) is 0 Å². The summed E-state index contributed by atoms with van der Waals surface area (Å²) in [5.41, 5.74) is -1.28. The molecule has 1 unspecified atom stereocenters. The van der Waals surface area contributed by atoms with Crippen LogP contribution in [0.3, 0.4) is 0 Å². The van der Waals surface area contributed by atoms with Crippen LogP contribution in [0.4, 0.5) is 4.79 Å². The van der Waals surface area contributed by atoms with E-state index in [1.54, 1.807) is 7.11 Å². The average molecular weight is 246 g/mol. The van der Waals surface area contributed by atoms with E-state index in [4.69, 9.17) is 9.84 Å². The number of rotatable bonds is 6. The SMILES string of the molecule is CCN(C(=O)NC(C)(C)C(=O)O)C(C)COC. The van der Waals surface area contributed by atoms with Crippen molar-refractivity contribution in [2.45, 2.75) is 39.3 Å². The Morgan fingerprint density at radius 1 is 1.47 bits per heavy atom. The van der Waals surface area contributed by atoms with Crippen molar-refractivity contribution in [3.8, 4) is 0 Å². The van der Waals surface area contributed by atoms with Crippen molar-refractivity contribution in [3.05, 3.63) is 0 Å². The molecular weight excluding hydrogens is 224 g/mol. The maximum Gasteiger partial charge on any atom is 0.328 e. The maximum absolute atomic E-state index is 11.9. The maximum atomic E-state index is 11.9. The number of hydrogen-bond donors (Lipinski definition) is 2. The number of aliphatic carboxylic acids is 1. The van der Waals surface area contributed by atoms with E-state index in [2.05, 4.69) is 5.32 Å². The number of carboxylic acids is 1. The van der Waals surface area contributed by atoms with Gasteiger partial charge in [-0.25, -0.2) is 9.59 Å². The van der Waals surface area contributed by atoms with Gasteiger partial charge < -0.3 is 20.1 Å². The second-order valence-corrected chi connectivity index (χ2v) is 4.45. The Labute approximate surface area is 102 Å². The van der Waals surface area contributed by atoms with Gasteiger partial charge in [-0.3, -0.25) is 0 Å². The number of urea groups is 1. The van der Waals surface area contributed by atoms with Crippen LogP contribution in [-0.2, 0) is 9.53 Å². The molecule has 0 rings (SSSR count). The van der Waals surface area contributed by atoms with Gasteiger partial charge in [0.2, 0.25) is 0 Å². The standard InChI is InChI=1S/C11H22N2O4/c1-6-13(8(2)7-17-5)10(16)12-11(3,4)9(14)15/h8H,6-7H2,1-5H3,(H,12,16)(H,14,15). The summed E-state index contributed by atoms with van der Waals surface area (Å²) in [6.07, 6.45) is 0. The van der Waals surface area contributed by atoms with E-state index in [-0.39, 0.29) is 6.04 Å². The first-order valence-electron chi connectivity index (χ1n) is 5.57. The lowest BCUT2D eigenvalue weighted by atomic mass is 10.1. The lowest BCUT2D eigenvalue weighted by Crippen LogP contribution is -2.56. The van der Waals surface area contributed by atoms with Crippen LogP contribution in [0.2, 0.25) is 0 Å². The molecular formula is C11H22N2O4. The zero-order valence-electron chi connectivity index (χ0n) is 11.1. The molecule has 0 fully saturated rings. The van der Waals surface area contributed by atoms with Crippen molar-refractivity contribution < 1.29 is 19.4 Å². The van der Waals surface area contributed by atoms with Crippen molar-refractivity contribution in [2.75, 3.05) is 20.3 Å². The van der Waals surface area contributed by atoms with Crippen LogP contribution in [0.5, 0.6) is 0 Å². The Bertz CT molecular complexity index is 279. The smallest absolute Gasteiger partial charge is 0.328 e. The molecule has 0 aliphatic carbocycles. The van der Waals surface area contributed by atoms with Crippen molar-refractivity contribution in [3.63, 3.8) is 0 Å². The van der Waals surface area contributed by atoms with Gasteiger partial charge in [-0.1, -0.05) is 0 Å². The largest absolute Gasteiger partial charge is 0.480 e. The number of carbonyl (C=O) groups excluding carboxylic acids is 1. The zero-order valence-corrected chi connectivity index (χ0v) is 11.1. The number of nitrogens with zero attached hydrogens (tertiary/aromatic N) is 1. The van der Waals surface area contributed by atoms with Gasteiger partial charge in [-0.05, 0) is 27.7 Å². The summed E-state index contributed by atoms with van der Waals surface area (Å²) in [7, 11) is 1.56. The number of carboxylic acid groups (broad SMARTS) is 1. The fraction of sp³-hybridized carbons (Fsp3) is 0.818. The molecule has 0 aromatic rings. The van der Waals surface area contributed by atoms with Crippen LogP contribution in [0.15, 0.2) is 0 Å². The molecule has 0 saturated heterocycles. The summed E-state index contributed by atoms with van der Waals surface area (Å²) in [5, 5.41) is 11.4. The molecule has 1 atom stereocenters. The molecule has 0 heterocycles. The number of ether oxygens (including phenoxy) is 1. The molecule has 0 bridgehead atoms. The van der Waals surface area contributed by atoms with Gasteiger partial charge in [0.1, 0.15) is 5.54 Å². The Balaban J connectivity index is 4.61. The van der Waals surface area contributed by atoms with Crippen molar-refractivity contribution in [2.24, 2.45) is 0 Å². The van der Waals surface area contributed by atoms with Crippen LogP contribution in [-0.4, -0.2) is 53.8 Å². The number of nitrogens with one attached hydrogen (secondary N) is 1. The van der Waals surface area contributed by atoms with Crippen LogP contribution >= 0.6 is 0 Å². The van der Waals surface area contributed by atoms with E-state index in [0.29, 0.717) is 13.2 Å². The van der Waals surface area contributed by atoms with Crippen LogP contribution < -0.4 is 5.32 Å². The zero-order chi connectivity index (χ0) is 13.6. The predicted octanol–water partition coefficient (Wildman–Crippen LogP) is 0.916. The highest BCUT2D eigenvalue weighted by Crippen LogP contribution is 2.06. The van der Waals surface area contributed by atoms with Gasteiger partial charge in [0.25, 0.3) is 0 Å². The molecule has 17 heavy (non-hydrogen) atoms. The van der Waals surface area contributed by atoms with Crippen molar-refractivity contribution in [1.82, 2.24) is 10.2 Å². The summed E-state index contributed by atoms with van der Waals surface area (Å²) in [6, 6.07) is -0.501. The number of amides is 2. The monoisotopic (exact) mass is 246 g/mol. The second kappa shape index (κ2) is 6.44. The van der Waals surface area contributed by atoms with Gasteiger partial charge in [0, 0.05) is 13.7 Å². The number of carbonyl (C=O) groups is 2. The summed E-state index contributed by atoms with van der Waals surface area (Å²) in [6.45, 7) is 7.48. The topological polar surface area (TPSA) is 78.9 Å². The molecule has 0 aromatic heterocycles. The third-order valence-corrected chi connectivity index (χ3v) is 2.50.